The van der Waals surface area contributed by atoms with Crippen molar-refractivity contribution in [3.63, 3.8) is 0 Å². The molecule has 26 heavy (non-hydrogen) atoms. The van der Waals surface area contributed by atoms with Gasteiger partial charge in [-0.2, -0.15) is 0 Å². The van der Waals surface area contributed by atoms with Crippen LogP contribution in [0.1, 0.15) is 33.2 Å². The summed E-state index contributed by atoms with van der Waals surface area (Å²) in [6, 6.07) is 25.8. The molecule has 0 fully saturated rings. The van der Waals surface area contributed by atoms with E-state index in [0.717, 1.165) is 16.9 Å². The first-order valence-corrected chi connectivity index (χ1v) is 9.50. The molecule has 0 spiro atoms. The number of aryl methyl sites for hydroxylation is 1. The van der Waals surface area contributed by atoms with Crippen molar-refractivity contribution in [2.45, 2.75) is 23.5 Å². The van der Waals surface area contributed by atoms with Gasteiger partial charge in [0.2, 0.25) is 0 Å². The lowest BCUT2D eigenvalue weighted by atomic mass is 10.0. The van der Waals surface area contributed by atoms with Crippen LogP contribution in [0.4, 0.5) is 0 Å². The van der Waals surface area contributed by atoms with Crippen molar-refractivity contribution in [1.82, 2.24) is 0 Å². The summed E-state index contributed by atoms with van der Waals surface area (Å²) in [6.45, 7) is 2.10. The molecule has 0 bridgehead atoms. The van der Waals surface area contributed by atoms with Crippen molar-refractivity contribution >= 4 is 17.5 Å². The van der Waals surface area contributed by atoms with Crippen molar-refractivity contribution < 1.29 is 9.53 Å². The number of carbonyl (C=O) groups excluding carboxylic acids is 1. The molecule has 1 atom stereocenters. The number of methoxy groups -OCH3 is 1. The predicted molar refractivity (Wildman–Crippen MR) is 108 cm³/mol. The minimum Gasteiger partial charge on any atom is -0.497 e. The normalized spacial score (nSPS) is 11.8. The lowest BCUT2D eigenvalue weighted by molar-refractivity contribution is 0.0982. The van der Waals surface area contributed by atoms with Gasteiger partial charge < -0.3 is 4.74 Å². The van der Waals surface area contributed by atoms with Gasteiger partial charge in [-0.3, -0.25) is 4.79 Å². The second-order valence-electron chi connectivity index (χ2n) is 6.14. The van der Waals surface area contributed by atoms with Gasteiger partial charge in [-0.15, -0.1) is 11.8 Å². The third-order valence-electron chi connectivity index (χ3n) is 4.32. The van der Waals surface area contributed by atoms with Crippen LogP contribution >= 0.6 is 11.8 Å². The zero-order valence-corrected chi connectivity index (χ0v) is 15.8. The number of carbonyl (C=O) groups is 1. The van der Waals surface area contributed by atoms with Crippen molar-refractivity contribution in [1.29, 1.82) is 0 Å². The number of ketones is 1. The molecule has 0 saturated carbocycles. The smallest absolute Gasteiger partial charge is 0.164 e. The minimum atomic E-state index is 0.0507. The van der Waals surface area contributed by atoms with Crippen LogP contribution in [-0.2, 0) is 0 Å². The van der Waals surface area contributed by atoms with E-state index in [1.54, 1.807) is 18.9 Å². The quantitative estimate of drug-likeness (QED) is 0.375. The Morgan fingerprint density at radius 3 is 2.23 bits per heavy atom. The molecule has 0 amide bonds. The van der Waals surface area contributed by atoms with Crippen LogP contribution in [0.25, 0.3) is 0 Å². The van der Waals surface area contributed by atoms with Crippen LogP contribution in [0.3, 0.4) is 0 Å². The fourth-order valence-electron chi connectivity index (χ4n) is 2.80. The summed E-state index contributed by atoms with van der Waals surface area (Å²) in [5.41, 5.74) is 3.11. The average Bonchev–Trinajstić information content (AvgIpc) is 2.70. The molecule has 0 aliphatic rings. The zero-order valence-electron chi connectivity index (χ0n) is 15.0. The van der Waals surface area contributed by atoms with Crippen LogP contribution in [-0.4, -0.2) is 12.9 Å². The van der Waals surface area contributed by atoms with Crippen molar-refractivity contribution in [2.24, 2.45) is 0 Å². The molecule has 132 valence electrons. The maximum atomic E-state index is 12.8. The maximum absolute atomic E-state index is 12.8. The lowest BCUT2D eigenvalue weighted by Crippen LogP contribution is -2.05. The molecule has 3 aromatic carbocycles. The van der Waals surface area contributed by atoms with Crippen molar-refractivity contribution in [2.75, 3.05) is 7.11 Å². The molecule has 0 aromatic heterocycles. The van der Waals surface area contributed by atoms with E-state index < -0.39 is 0 Å². The van der Waals surface area contributed by atoms with Gasteiger partial charge >= 0.3 is 0 Å². The van der Waals surface area contributed by atoms with Crippen LogP contribution in [0.2, 0.25) is 0 Å². The van der Waals surface area contributed by atoms with Crippen LogP contribution < -0.4 is 4.74 Å². The standard InChI is InChI=1S/C23H22O2S/c1-17-8-6-7-11-22(17)26-23(19-12-14-20(25-2)15-13-19)16-21(24)18-9-4-3-5-10-18/h3-15,23H,16H2,1-2H3/t23-/m0/s1. The number of benzene rings is 3. The summed E-state index contributed by atoms with van der Waals surface area (Å²) in [5.74, 6) is 0.982. The Kier molecular flexibility index (Phi) is 6.13. The Morgan fingerprint density at radius 2 is 1.58 bits per heavy atom. The highest BCUT2D eigenvalue weighted by Gasteiger charge is 2.19. The summed E-state index contributed by atoms with van der Waals surface area (Å²) < 4.78 is 5.26. The molecular weight excluding hydrogens is 340 g/mol. The highest BCUT2D eigenvalue weighted by atomic mass is 32.2. The van der Waals surface area contributed by atoms with Crippen LogP contribution in [0.5, 0.6) is 5.75 Å². The Labute approximate surface area is 159 Å². The molecule has 0 saturated heterocycles. The number of Topliss-reactive ketones (excluding diaryl/α,β-unsaturated/α-hetero) is 1. The van der Waals surface area contributed by atoms with Gasteiger partial charge in [0, 0.05) is 22.1 Å². The highest BCUT2D eigenvalue weighted by molar-refractivity contribution is 7.99. The van der Waals surface area contributed by atoms with Crippen LogP contribution in [0, 0.1) is 6.92 Å². The molecule has 3 heteroatoms. The molecule has 0 unspecified atom stereocenters. The molecule has 3 aromatic rings. The number of thioether (sulfide) groups is 1. The molecule has 0 aliphatic carbocycles. The summed E-state index contributed by atoms with van der Waals surface area (Å²) in [5, 5.41) is 0.0507. The summed E-state index contributed by atoms with van der Waals surface area (Å²) >= 11 is 1.74. The maximum Gasteiger partial charge on any atom is 0.164 e. The number of hydrogen-bond acceptors (Lipinski definition) is 3. The van der Waals surface area contributed by atoms with E-state index in [-0.39, 0.29) is 11.0 Å². The molecule has 2 nitrogen and oxygen atoms in total. The van der Waals surface area contributed by atoms with Crippen LogP contribution in [0.15, 0.2) is 83.8 Å². The van der Waals surface area contributed by atoms with E-state index in [1.165, 1.54) is 10.5 Å². The summed E-state index contributed by atoms with van der Waals surface area (Å²) in [4.78, 5) is 14.0. The Balaban J connectivity index is 1.87. The first-order chi connectivity index (χ1) is 12.7. The predicted octanol–water partition coefficient (Wildman–Crippen LogP) is 6.11. The Bertz CT molecular complexity index is 857. The van der Waals surface area contributed by atoms with Gasteiger partial charge in [0.15, 0.2) is 5.78 Å². The van der Waals surface area contributed by atoms with E-state index in [2.05, 4.69) is 19.1 Å². The average molecular weight is 362 g/mol. The van der Waals surface area contributed by atoms with Crippen molar-refractivity contribution in [3.05, 3.63) is 95.6 Å². The summed E-state index contributed by atoms with van der Waals surface area (Å²) in [7, 11) is 1.66. The van der Waals surface area contributed by atoms with E-state index in [1.807, 2.05) is 66.7 Å². The fraction of sp³-hybridized carbons (Fsp3) is 0.174. The van der Waals surface area contributed by atoms with Gasteiger partial charge in [-0.05, 0) is 36.2 Å². The second kappa shape index (κ2) is 8.72. The number of hydrogen-bond donors (Lipinski definition) is 0. The molecule has 3 rings (SSSR count). The minimum absolute atomic E-state index is 0.0507. The zero-order chi connectivity index (χ0) is 18.4. The Morgan fingerprint density at radius 1 is 0.923 bits per heavy atom. The van der Waals surface area contributed by atoms with E-state index in [0.29, 0.717) is 6.42 Å². The molecule has 0 aliphatic heterocycles. The second-order valence-corrected chi connectivity index (χ2v) is 7.38. The summed E-state index contributed by atoms with van der Waals surface area (Å²) in [6.07, 6.45) is 0.454. The third-order valence-corrected chi connectivity index (χ3v) is 5.75. The number of ether oxygens (including phenoxy) is 1. The highest BCUT2D eigenvalue weighted by Crippen LogP contribution is 2.40. The molecular formula is C23H22O2S. The lowest BCUT2D eigenvalue weighted by Gasteiger charge is -2.18. The van der Waals surface area contributed by atoms with Gasteiger partial charge in [0.05, 0.1) is 7.11 Å². The fourth-order valence-corrected chi connectivity index (χ4v) is 4.04. The van der Waals surface area contributed by atoms with Crippen molar-refractivity contribution in [3.8, 4) is 5.75 Å². The van der Waals surface area contributed by atoms with E-state index in [9.17, 15) is 4.79 Å². The van der Waals surface area contributed by atoms with Gasteiger partial charge in [-0.1, -0.05) is 60.7 Å². The van der Waals surface area contributed by atoms with E-state index in [4.69, 9.17) is 4.74 Å². The topological polar surface area (TPSA) is 26.3 Å². The molecule has 0 heterocycles. The van der Waals surface area contributed by atoms with Gasteiger partial charge in [-0.25, -0.2) is 0 Å². The first-order valence-electron chi connectivity index (χ1n) is 8.62. The largest absolute Gasteiger partial charge is 0.497 e. The third kappa shape index (κ3) is 4.55. The first kappa shape index (κ1) is 18.3. The van der Waals surface area contributed by atoms with Gasteiger partial charge in [0.25, 0.3) is 0 Å². The molecule has 0 N–H and O–H groups in total. The molecule has 0 radical (unpaired) electrons. The Hall–Kier alpha value is -2.52. The van der Waals surface area contributed by atoms with Gasteiger partial charge in [0.1, 0.15) is 5.75 Å². The SMILES string of the molecule is COc1ccc([C@H](CC(=O)c2ccccc2)Sc2ccccc2C)cc1. The van der Waals surface area contributed by atoms with E-state index >= 15 is 0 Å². The number of rotatable bonds is 7. The monoisotopic (exact) mass is 362 g/mol.